The average Bonchev–Trinajstić information content (AvgIpc) is 2.81. The fourth-order valence-corrected chi connectivity index (χ4v) is 3.23. The van der Waals surface area contributed by atoms with Crippen LogP contribution in [0.5, 0.6) is 0 Å². The molecule has 0 saturated carbocycles. The van der Waals surface area contributed by atoms with Crippen LogP contribution in [0.25, 0.3) is 0 Å². The maximum absolute atomic E-state index is 6.27. The zero-order valence-electron chi connectivity index (χ0n) is 11.3. The lowest BCUT2D eigenvalue weighted by molar-refractivity contribution is 0.182. The summed E-state index contributed by atoms with van der Waals surface area (Å²) < 4.78 is 7.70. The second kappa shape index (κ2) is 7.58. The molecule has 8 heteroatoms. The third kappa shape index (κ3) is 3.77. The summed E-state index contributed by atoms with van der Waals surface area (Å²) in [5.41, 5.74) is 4.48. The Morgan fingerprint density at radius 3 is 2.86 bits per heavy atom. The Morgan fingerprint density at radius 2 is 2.24 bits per heavy atom. The number of ether oxygens (including phenoxy) is 1. The zero-order chi connectivity index (χ0) is 15.4. The summed E-state index contributed by atoms with van der Waals surface area (Å²) in [6.45, 7) is 1.12. The van der Waals surface area contributed by atoms with Crippen molar-refractivity contribution in [1.29, 1.82) is 0 Å². The zero-order valence-corrected chi connectivity index (χ0v) is 14.4. The Labute approximate surface area is 141 Å². The second-order valence-corrected chi connectivity index (χ2v) is 6.06. The molecule has 0 amide bonds. The predicted octanol–water partition coefficient (Wildman–Crippen LogP) is 3.15. The van der Waals surface area contributed by atoms with Gasteiger partial charge in [0.1, 0.15) is 0 Å². The van der Waals surface area contributed by atoms with Crippen LogP contribution in [0, 0.1) is 0 Å². The monoisotopic (exact) mass is 392 g/mol. The van der Waals surface area contributed by atoms with E-state index >= 15 is 0 Å². The van der Waals surface area contributed by atoms with Crippen LogP contribution in [-0.4, -0.2) is 23.5 Å². The average molecular weight is 394 g/mol. The van der Waals surface area contributed by atoms with Gasteiger partial charge in [0, 0.05) is 16.6 Å². The molecule has 2 rings (SSSR count). The molecule has 0 saturated heterocycles. The third-order valence-electron chi connectivity index (χ3n) is 3.05. The summed E-state index contributed by atoms with van der Waals surface area (Å²) in [7, 11) is 1.64. The highest BCUT2D eigenvalue weighted by Crippen LogP contribution is 2.33. The van der Waals surface area contributed by atoms with Crippen molar-refractivity contribution < 1.29 is 4.74 Å². The topological polar surface area (TPSA) is 65.1 Å². The summed E-state index contributed by atoms with van der Waals surface area (Å²) in [4.78, 5) is 0. The van der Waals surface area contributed by atoms with Crippen LogP contribution in [0.1, 0.15) is 17.3 Å². The summed E-state index contributed by atoms with van der Waals surface area (Å²) in [5.74, 6) is 5.73. The molecule has 2 aromatic rings. The fraction of sp³-hybridized carbons (Fsp3) is 0.308. The molecule has 0 aliphatic carbocycles. The molecule has 114 valence electrons. The van der Waals surface area contributed by atoms with Gasteiger partial charge in [0.25, 0.3) is 0 Å². The summed E-state index contributed by atoms with van der Waals surface area (Å²) in [5, 5.41) is 5.44. The van der Waals surface area contributed by atoms with Crippen molar-refractivity contribution in [2.24, 2.45) is 5.84 Å². The lowest BCUT2D eigenvalue weighted by atomic mass is 10.0. The van der Waals surface area contributed by atoms with Gasteiger partial charge in [-0.15, -0.1) is 0 Å². The van der Waals surface area contributed by atoms with Crippen molar-refractivity contribution in [3.63, 3.8) is 0 Å². The first-order valence-electron chi connectivity index (χ1n) is 6.19. The first kappa shape index (κ1) is 16.7. The Kier molecular flexibility index (Phi) is 6.04. The van der Waals surface area contributed by atoms with Crippen LogP contribution < -0.4 is 11.3 Å². The van der Waals surface area contributed by atoms with Crippen molar-refractivity contribution in [3.8, 4) is 0 Å². The number of hydrazine groups is 1. The van der Waals surface area contributed by atoms with E-state index in [1.165, 1.54) is 0 Å². The van der Waals surface area contributed by atoms with Crippen molar-refractivity contribution in [3.05, 3.63) is 50.2 Å². The minimum Gasteiger partial charge on any atom is -0.383 e. The van der Waals surface area contributed by atoms with Gasteiger partial charge in [-0.25, -0.2) is 5.43 Å². The van der Waals surface area contributed by atoms with E-state index in [0.717, 1.165) is 15.7 Å². The van der Waals surface area contributed by atoms with E-state index in [0.29, 0.717) is 23.2 Å². The largest absolute Gasteiger partial charge is 0.383 e. The summed E-state index contributed by atoms with van der Waals surface area (Å²) in [6, 6.07) is 5.19. The first-order chi connectivity index (χ1) is 10.1. The summed E-state index contributed by atoms with van der Waals surface area (Å²) in [6.07, 6.45) is 1.60. The van der Waals surface area contributed by atoms with Gasteiger partial charge in [-0.3, -0.25) is 10.5 Å². The number of aromatic nitrogens is 2. The molecule has 1 atom stereocenters. The van der Waals surface area contributed by atoms with Crippen LogP contribution in [0.2, 0.25) is 10.0 Å². The van der Waals surface area contributed by atoms with Gasteiger partial charge in [-0.05, 0) is 17.7 Å². The normalized spacial score (nSPS) is 12.6. The molecule has 3 N–H and O–H groups in total. The van der Waals surface area contributed by atoms with Crippen molar-refractivity contribution in [2.75, 3.05) is 13.7 Å². The Morgan fingerprint density at radius 1 is 1.48 bits per heavy atom. The SMILES string of the molecule is COCCn1ncc(Cl)c1C(NN)c1ccc(Cl)cc1Br. The molecule has 1 aromatic heterocycles. The van der Waals surface area contributed by atoms with E-state index in [2.05, 4.69) is 26.5 Å². The molecule has 0 aliphatic rings. The molecular weight excluding hydrogens is 379 g/mol. The highest BCUT2D eigenvalue weighted by molar-refractivity contribution is 9.10. The molecular formula is C13H15BrCl2N4O. The van der Waals surface area contributed by atoms with E-state index in [1.807, 2.05) is 12.1 Å². The highest BCUT2D eigenvalue weighted by Gasteiger charge is 2.23. The van der Waals surface area contributed by atoms with Crippen LogP contribution in [0.3, 0.4) is 0 Å². The van der Waals surface area contributed by atoms with Crippen LogP contribution in [0.4, 0.5) is 0 Å². The smallest absolute Gasteiger partial charge is 0.0904 e. The minimum atomic E-state index is -0.316. The van der Waals surface area contributed by atoms with Gasteiger partial charge in [0.05, 0.1) is 36.1 Å². The number of nitrogens with zero attached hydrogens (tertiary/aromatic N) is 2. The number of nitrogens with two attached hydrogens (primary N) is 1. The standard InChI is InChI=1S/C13H15BrCl2N4O/c1-21-5-4-20-13(11(16)7-18-20)12(19-17)9-3-2-8(15)6-10(9)14/h2-3,6-7,12,19H,4-5,17H2,1H3. The Bertz CT molecular complexity index is 620. The third-order valence-corrected chi connectivity index (χ3v) is 4.27. The molecule has 0 bridgehead atoms. The number of rotatable bonds is 6. The number of hydrogen-bond donors (Lipinski definition) is 2. The molecule has 0 spiro atoms. The van der Waals surface area contributed by atoms with Gasteiger partial charge >= 0.3 is 0 Å². The molecule has 1 unspecified atom stereocenters. The van der Waals surface area contributed by atoms with Gasteiger partial charge in [0.15, 0.2) is 0 Å². The molecule has 0 aliphatic heterocycles. The molecule has 0 radical (unpaired) electrons. The van der Waals surface area contributed by atoms with Crippen molar-refractivity contribution in [1.82, 2.24) is 15.2 Å². The number of halogens is 3. The van der Waals surface area contributed by atoms with E-state index in [-0.39, 0.29) is 6.04 Å². The molecule has 0 fully saturated rings. The number of hydrogen-bond acceptors (Lipinski definition) is 4. The lowest BCUT2D eigenvalue weighted by Gasteiger charge is -2.20. The van der Waals surface area contributed by atoms with E-state index < -0.39 is 0 Å². The fourth-order valence-electron chi connectivity index (χ4n) is 2.07. The minimum absolute atomic E-state index is 0.316. The van der Waals surface area contributed by atoms with Gasteiger partial charge < -0.3 is 4.74 Å². The maximum atomic E-state index is 6.27. The van der Waals surface area contributed by atoms with Gasteiger partial charge in [-0.2, -0.15) is 5.10 Å². The predicted molar refractivity (Wildman–Crippen MR) is 87.4 cm³/mol. The first-order valence-corrected chi connectivity index (χ1v) is 7.74. The number of nitrogens with one attached hydrogen (secondary N) is 1. The van der Waals surface area contributed by atoms with Crippen LogP contribution >= 0.6 is 39.1 Å². The van der Waals surface area contributed by atoms with Crippen LogP contribution in [0.15, 0.2) is 28.9 Å². The van der Waals surface area contributed by atoms with Crippen molar-refractivity contribution >= 4 is 39.1 Å². The van der Waals surface area contributed by atoms with Gasteiger partial charge in [-0.1, -0.05) is 45.2 Å². The van der Waals surface area contributed by atoms with E-state index in [9.17, 15) is 0 Å². The highest BCUT2D eigenvalue weighted by atomic mass is 79.9. The molecule has 21 heavy (non-hydrogen) atoms. The summed E-state index contributed by atoms with van der Waals surface area (Å²) >= 11 is 15.7. The maximum Gasteiger partial charge on any atom is 0.0904 e. The van der Waals surface area contributed by atoms with Gasteiger partial charge in [0.2, 0.25) is 0 Å². The Balaban J connectivity index is 2.43. The molecule has 1 heterocycles. The van der Waals surface area contributed by atoms with E-state index in [4.69, 9.17) is 33.8 Å². The molecule has 1 aromatic carbocycles. The quantitative estimate of drug-likeness (QED) is 0.584. The number of benzene rings is 1. The molecule has 5 nitrogen and oxygen atoms in total. The lowest BCUT2D eigenvalue weighted by Crippen LogP contribution is -2.31. The second-order valence-electron chi connectivity index (χ2n) is 4.36. The van der Waals surface area contributed by atoms with E-state index in [1.54, 1.807) is 24.1 Å². The van der Waals surface area contributed by atoms with Crippen LogP contribution in [-0.2, 0) is 11.3 Å². The Hall–Kier alpha value is -0.630. The van der Waals surface area contributed by atoms with Crippen molar-refractivity contribution in [2.45, 2.75) is 12.6 Å². The number of methoxy groups -OCH3 is 1.